The van der Waals surface area contributed by atoms with E-state index in [1.165, 1.54) is 4.31 Å². The van der Waals surface area contributed by atoms with Crippen molar-refractivity contribution in [2.24, 2.45) is 5.41 Å². The topological polar surface area (TPSA) is 83.3 Å². The molecular weight excluding hydrogens is 302 g/mol. The summed E-state index contributed by atoms with van der Waals surface area (Å²) in [5.41, 5.74) is 0.155. The minimum Gasteiger partial charge on any atom is -0.487 e. The summed E-state index contributed by atoms with van der Waals surface area (Å²) in [7, 11) is -3.39. The van der Waals surface area contributed by atoms with Gasteiger partial charge < -0.3 is 4.74 Å². The zero-order valence-corrected chi connectivity index (χ0v) is 13.3. The molecule has 0 unspecified atom stereocenters. The van der Waals surface area contributed by atoms with E-state index in [1.54, 1.807) is 12.3 Å². The van der Waals surface area contributed by atoms with Crippen LogP contribution < -0.4 is 4.74 Å². The van der Waals surface area contributed by atoms with Gasteiger partial charge in [0.2, 0.25) is 10.0 Å². The third-order valence-electron chi connectivity index (χ3n) is 4.30. The quantitative estimate of drug-likeness (QED) is 0.820. The maximum atomic E-state index is 12.4. The van der Waals surface area contributed by atoms with Gasteiger partial charge in [-0.3, -0.25) is 4.98 Å². The molecule has 7 heteroatoms. The van der Waals surface area contributed by atoms with Gasteiger partial charge in [-0.15, -0.1) is 0 Å². The highest BCUT2D eigenvalue weighted by Crippen LogP contribution is 2.46. The van der Waals surface area contributed by atoms with E-state index in [1.807, 2.05) is 13.0 Å². The van der Waals surface area contributed by atoms with Gasteiger partial charge in [-0.1, -0.05) is 0 Å². The van der Waals surface area contributed by atoms with Crippen LogP contribution in [0.1, 0.15) is 25.0 Å². The molecule has 1 saturated carbocycles. The first-order valence-electron chi connectivity index (χ1n) is 7.41. The third-order valence-corrected chi connectivity index (χ3v) is 6.34. The Morgan fingerprint density at radius 2 is 2.32 bits per heavy atom. The van der Waals surface area contributed by atoms with Crippen molar-refractivity contribution in [1.82, 2.24) is 9.29 Å². The van der Waals surface area contributed by atoms with Crippen LogP contribution >= 0.6 is 0 Å². The second-order valence-electron chi connectivity index (χ2n) is 6.12. The lowest BCUT2D eigenvalue weighted by molar-refractivity contribution is 0.213. The van der Waals surface area contributed by atoms with E-state index in [2.05, 4.69) is 11.1 Å². The predicted octanol–water partition coefficient (Wildman–Crippen LogP) is 1.48. The lowest BCUT2D eigenvalue weighted by Gasteiger charge is -2.19. The Morgan fingerprint density at radius 3 is 2.95 bits per heavy atom. The summed E-state index contributed by atoms with van der Waals surface area (Å²) in [5.74, 6) is 0.636. The number of rotatable bonds is 5. The molecular formula is C15H19N3O3S. The van der Waals surface area contributed by atoms with Gasteiger partial charge in [-0.2, -0.15) is 9.57 Å². The van der Waals surface area contributed by atoms with Gasteiger partial charge in [0, 0.05) is 12.7 Å². The summed E-state index contributed by atoms with van der Waals surface area (Å²) in [4.78, 5) is 4.16. The van der Waals surface area contributed by atoms with E-state index in [-0.39, 0.29) is 11.9 Å². The molecule has 2 aliphatic rings. The van der Waals surface area contributed by atoms with E-state index in [4.69, 9.17) is 10.00 Å². The molecule has 6 nitrogen and oxygen atoms in total. The van der Waals surface area contributed by atoms with E-state index in [0.29, 0.717) is 38.1 Å². The van der Waals surface area contributed by atoms with Crippen molar-refractivity contribution < 1.29 is 13.2 Å². The van der Waals surface area contributed by atoms with E-state index < -0.39 is 15.4 Å². The minimum atomic E-state index is -3.39. The number of ether oxygens (including phenoxy) is 1. The number of nitrogens with zero attached hydrogens (tertiary/aromatic N) is 3. The molecule has 0 radical (unpaired) electrons. The molecule has 0 N–H and O–H groups in total. The number of nitriles is 1. The smallest absolute Gasteiger partial charge is 0.215 e. The highest BCUT2D eigenvalue weighted by Gasteiger charge is 2.49. The lowest BCUT2D eigenvalue weighted by atomic mass is 10.2. The summed E-state index contributed by atoms with van der Waals surface area (Å²) < 4.78 is 32.2. The number of aryl methyl sites for hydroxylation is 1. The molecule has 22 heavy (non-hydrogen) atoms. The van der Waals surface area contributed by atoms with E-state index in [9.17, 15) is 8.42 Å². The van der Waals surface area contributed by atoms with Crippen LogP contribution in [-0.2, 0) is 10.0 Å². The number of hydrogen-bond donors (Lipinski definition) is 0. The Balaban J connectivity index is 1.63. The second-order valence-corrected chi connectivity index (χ2v) is 8.09. The predicted molar refractivity (Wildman–Crippen MR) is 80.6 cm³/mol. The van der Waals surface area contributed by atoms with Crippen LogP contribution in [0, 0.1) is 23.7 Å². The fourth-order valence-electron chi connectivity index (χ4n) is 2.70. The second kappa shape index (κ2) is 5.52. The van der Waals surface area contributed by atoms with Crippen molar-refractivity contribution in [1.29, 1.82) is 5.26 Å². The van der Waals surface area contributed by atoms with Crippen molar-refractivity contribution in [2.75, 3.05) is 18.8 Å². The summed E-state index contributed by atoms with van der Waals surface area (Å²) >= 11 is 0. The highest BCUT2D eigenvalue weighted by atomic mass is 32.2. The Labute approximate surface area is 130 Å². The number of aromatic nitrogens is 1. The van der Waals surface area contributed by atoms with Crippen LogP contribution in [0.4, 0.5) is 0 Å². The summed E-state index contributed by atoms with van der Waals surface area (Å²) in [6.45, 7) is 2.66. The zero-order valence-electron chi connectivity index (χ0n) is 12.5. The van der Waals surface area contributed by atoms with Gasteiger partial charge >= 0.3 is 0 Å². The van der Waals surface area contributed by atoms with Crippen LogP contribution in [0.15, 0.2) is 18.3 Å². The maximum Gasteiger partial charge on any atom is 0.215 e. The molecule has 2 heterocycles. The van der Waals surface area contributed by atoms with Crippen molar-refractivity contribution in [3.05, 3.63) is 24.0 Å². The fraction of sp³-hybridized carbons (Fsp3) is 0.600. The average molecular weight is 321 g/mol. The maximum absolute atomic E-state index is 12.4. The Bertz CT molecular complexity index is 707. The molecule has 1 aromatic rings. The molecule has 3 rings (SSSR count). The van der Waals surface area contributed by atoms with Crippen molar-refractivity contribution >= 4 is 10.0 Å². The molecule has 1 atom stereocenters. The normalized spacial score (nSPS) is 23.9. The molecule has 0 spiro atoms. The number of hydrogen-bond acceptors (Lipinski definition) is 5. The molecule has 1 saturated heterocycles. The van der Waals surface area contributed by atoms with Gasteiger partial charge in [0.15, 0.2) is 0 Å². The first kappa shape index (κ1) is 15.3. The summed E-state index contributed by atoms with van der Waals surface area (Å²) in [5, 5.41) is 9.08. The SMILES string of the molecule is Cc1ncccc1O[C@@H]1CCN(S(=O)(=O)CC2(C#N)CC2)C1. The summed E-state index contributed by atoms with van der Waals surface area (Å²) in [6.07, 6.45) is 3.57. The summed E-state index contributed by atoms with van der Waals surface area (Å²) in [6, 6.07) is 5.79. The van der Waals surface area contributed by atoms with Crippen LogP contribution in [0.3, 0.4) is 0 Å². The molecule has 1 aliphatic carbocycles. The molecule has 0 bridgehead atoms. The molecule has 2 fully saturated rings. The lowest BCUT2D eigenvalue weighted by Crippen LogP contribution is -2.35. The molecule has 0 aromatic carbocycles. The van der Waals surface area contributed by atoms with E-state index in [0.717, 1.165) is 5.69 Å². The van der Waals surface area contributed by atoms with Gasteiger partial charge in [0.05, 0.1) is 29.5 Å². The largest absolute Gasteiger partial charge is 0.487 e. The van der Waals surface area contributed by atoms with E-state index >= 15 is 0 Å². The average Bonchev–Trinajstić information content (AvgIpc) is 3.07. The third kappa shape index (κ3) is 3.08. The minimum absolute atomic E-state index is 0.0604. The van der Waals surface area contributed by atoms with Crippen LogP contribution in [0.5, 0.6) is 5.75 Å². The monoisotopic (exact) mass is 321 g/mol. The highest BCUT2D eigenvalue weighted by molar-refractivity contribution is 7.89. The first-order chi connectivity index (χ1) is 10.4. The molecule has 1 aliphatic heterocycles. The first-order valence-corrected chi connectivity index (χ1v) is 9.02. The van der Waals surface area contributed by atoms with Crippen molar-refractivity contribution in [2.45, 2.75) is 32.3 Å². The Morgan fingerprint density at radius 1 is 1.55 bits per heavy atom. The Kier molecular flexibility index (Phi) is 3.83. The molecule has 0 amide bonds. The van der Waals surface area contributed by atoms with Crippen LogP contribution in [0.2, 0.25) is 0 Å². The van der Waals surface area contributed by atoms with Crippen molar-refractivity contribution in [3.63, 3.8) is 0 Å². The molecule has 118 valence electrons. The van der Waals surface area contributed by atoms with Gasteiger partial charge in [-0.05, 0) is 38.3 Å². The number of sulfonamides is 1. The Hall–Kier alpha value is -1.65. The van der Waals surface area contributed by atoms with Crippen LogP contribution in [-0.4, -0.2) is 42.7 Å². The van der Waals surface area contributed by atoms with Gasteiger partial charge in [-0.25, -0.2) is 8.42 Å². The van der Waals surface area contributed by atoms with Gasteiger partial charge in [0.1, 0.15) is 11.9 Å². The zero-order chi connectivity index (χ0) is 15.8. The standard InChI is InChI=1S/C15H19N3O3S/c1-12-14(3-2-7-17-12)21-13-4-8-18(9-13)22(19,20)11-15(10-16)5-6-15/h2-3,7,13H,4-6,8-9,11H2,1H3/t13-/m1/s1. The number of pyridine rings is 1. The fourth-order valence-corrected chi connectivity index (χ4v) is 4.71. The van der Waals surface area contributed by atoms with Crippen molar-refractivity contribution in [3.8, 4) is 11.8 Å². The van der Waals surface area contributed by atoms with Crippen LogP contribution in [0.25, 0.3) is 0 Å². The van der Waals surface area contributed by atoms with Gasteiger partial charge in [0.25, 0.3) is 0 Å². The molecule has 1 aromatic heterocycles.